The van der Waals surface area contributed by atoms with Gasteiger partial charge in [0.1, 0.15) is 5.56 Å². The molecule has 4 rings (SSSR count). The van der Waals surface area contributed by atoms with Gasteiger partial charge in [-0.15, -0.1) is 0 Å². The van der Waals surface area contributed by atoms with Gasteiger partial charge in [-0.1, -0.05) is 24.0 Å². The lowest BCUT2D eigenvalue weighted by molar-refractivity contribution is 0.376. The molecule has 8 heteroatoms. The molecule has 0 spiro atoms. The van der Waals surface area contributed by atoms with Crippen LogP contribution in [0.15, 0.2) is 60.9 Å². The van der Waals surface area contributed by atoms with Crippen molar-refractivity contribution in [2.24, 2.45) is 0 Å². The maximum Gasteiger partial charge on any atom is 0.200 e. The molecule has 0 aliphatic carbocycles. The summed E-state index contributed by atoms with van der Waals surface area (Å²) in [5, 5.41) is 0. The highest BCUT2D eigenvalue weighted by Gasteiger charge is 2.24. The van der Waals surface area contributed by atoms with Crippen molar-refractivity contribution in [3.8, 4) is 34.6 Å². The van der Waals surface area contributed by atoms with Crippen LogP contribution in [0.3, 0.4) is 0 Å². The Morgan fingerprint density at radius 3 is 1.48 bits per heavy atom. The van der Waals surface area contributed by atoms with Gasteiger partial charge in [0.2, 0.25) is 5.82 Å². The summed E-state index contributed by atoms with van der Waals surface area (Å²) in [5.74, 6) is -5.83. The van der Waals surface area contributed by atoms with E-state index in [1.54, 1.807) is 48.8 Å². The minimum atomic E-state index is -2.24. The van der Waals surface area contributed by atoms with Crippen LogP contribution in [0, 0.1) is 40.9 Å². The van der Waals surface area contributed by atoms with Gasteiger partial charge in [0, 0.05) is 18.0 Å². The van der Waals surface area contributed by atoms with Crippen LogP contribution in [0.5, 0.6) is 0 Å². The van der Waals surface area contributed by atoms with Gasteiger partial charge < -0.3 is 0 Å². The van der Waals surface area contributed by atoms with Crippen LogP contribution in [0.4, 0.5) is 22.0 Å². The molecule has 0 aliphatic heterocycles. The first-order valence-corrected chi connectivity index (χ1v) is 8.84. The summed E-state index contributed by atoms with van der Waals surface area (Å²) < 4.78 is 68.0. The third-order valence-corrected chi connectivity index (χ3v) is 4.22. The molecular formula is C23H10F5N3. The minimum Gasteiger partial charge on any atom is -0.255 e. The number of hydrogen-bond donors (Lipinski definition) is 0. The molecule has 3 nitrogen and oxygen atoms in total. The Morgan fingerprint density at radius 1 is 0.548 bits per heavy atom. The van der Waals surface area contributed by atoms with Gasteiger partial charge >= 0.3 is 0 Å². The number of nitrogens with zero attached hydrogens (tertiary/aromatic N) is 3. The fraction of sp³-hybridized carbons (Fsp3) is 0. The molecule has 0 amide bonds. The van der Waals surface area contributed by atoms with Crippen LogP contribution in [0.25, 0.3) is 22.8 Å². The van der Waals surface area contributed by atoms with Crippen LogP contribution in [0.2, 0.25) is 0 Å². The van der Waals surface area contributed by atoms with E-state index in [-0.39, 0.29) is 5.56 Å². The molecular weight excluding hydrogens is 413 g/mol. The third kappa shape index (κ3) is 3.98. The Labute approximate surface area is 173 Å². The average molecular weight is 423 g/mol. The molecule has 0 atom stereocenters. The number of pyridine rings is 3. The Kier molecular flexibility index (Phi) is 5.41. The number of halogens is 5. The van der Waals surface area contributed by atoms with E-state index in [0.29, 0.717) is 22.8 Å². The molecule has 0 unspecified atom stereocenters. The first-order chi connectivity index (χ1) is 15.0. The van der Waals surface area contributed by atoms with E-state index >= 15 is 0 Å². The molecule has 3 heterocycles. The van der Waals surface area contributed by atoms with Crippen molar-refractivity contribution in [1.82, 2.24) is 15.0 Å². The molecule has 0 bridgehead atoms. The molecule has 0 saturated carbocycles. The van der Waals surface area contributed by atoms with E-state index < -0.39 is 34.6 Å². The fourth-order valence-corrected chi connectivity index (χ4v) is 2.74. The highest BCUT2D eigenvalue weighted by molar-refractivity contribution is 5.65. The van der Waals surface area contributed by atoms with Crippen molar-refractivity contribution < 1.29 is 22.0 Å². The van der Waals surface area contributed by atoms with Crippen molar-refractivity contribution in [2.75, 3.05) is 0 Å². The van der Waals surface area contributed by atoms with Crippen molar-refractivity contribution in [1.29, 1.82) is 0 Å². The maximum atomic E-state index is 13.9. The summed E-state index contributed by atoms with van der Waals surface area (Å²) in [4.78, 5) is 12.9. The number of hydrogen-bond acceptors (Lipinski definition) is 3. The van der Waals surface area contributed by atoms with Gasteiger partial charge in [0.05, 0.1) is 22.8 Å². The Morgan fingerprint density at radius 2 is 1.03 bits per heavy atom. The first-order valence-electron chi connectivity index (χ1n) is 8.84. The molecule has 1 aromatic carbocycles. The van der Waals surface area contributed by atoms with E-state index in [9.17, 15) is 22.0 Å². The zero-order chi connectivity index (χ0) is 22.0. The predicted molar refractivity (Wildman–Crippen MR) is 103 cm³/mol. The average Bonchev–Trinajstić information content (AvgIpc) is 2.82. The standard InChI is InChI=1S/C23H10F5N3/c24-19-14(20(25)22(27)23(28)21(19)26)8-7-13-11-17(15-5-1-3-9-29-15)31-18(12-13)16-6-2-4-10-30-16/h1-6,9-12H. The number of rotatable bonds is 2. The van der Waals surface area contributed by atoms with Gasteiger partial charge in [0.25, 0.3) is 0 Å². The van der Waals surface area contributed by atoms with Gasteiger partial charge in [-0.2, -0.15) is 0 Å². The second-order valence-corrected chi connectivity index (χ2v) is 6.25. The molecule has 0 N–H and O–H groups in total. The van der Waals surface area contributed by atoms with Gasteiger partial charge in [-0.3, -0.25) is 9.97 Å². The molecule has 31 heavy (non-hydrogen) atoms. The normalized spacial score (nSPS) is 10.5. The highest BCUT2D eigenvalue weighted by Crippen LogP contribution is 2.24. The van der Waals surface area contributed by atoms with Crippen molar-refractivity contribution in [3.05, 3.63) is 101 Å². The van der Waals surface area contributed by atoms with Crippen LogP contribution >= 0.6 is 0 Å². The molecule has 0 fully saturated rings. The molecule has 0 saturated heterocycles. The lowest BCUT2D eigenvalue weighted by Gasteiger charge is -2.06. The van der Waals surface area contributed by atoms with Crippen LogP contribution in [0.1, 0.15) is 11.1 Å². The van der Waals surface area contributed by atoms with Crippen LogP contribution < -0.4 is 0 Å². The quantitative estimate of drug-likeness (QED) is 0.190. The van der Waals surface area contributed by atoms with Crippen molar-refractivity contribution in [3.63, 3.8) is 0 Å². The van der Waals surface area contributed by atoms with Crippen molar-refractivity contribution >= 4 is 0 Å². The maximum absolute atomic E-state index is 13.9. The lowest BCUT2D eigenvalue weighted by atomic mass is 10.1. The van der Waals surface area contributed by atoms with E-state index in [2.05, 4.69) is 20.9 Å². The lowest BCUT2D eigenvalue weighted by Crippen LogP contribution is -2.04. The largest absolute Gasteiger partial charge is 0.255 e. The molecule has 0 radical (unpaired) electrons. The summed E-state index contributed by atoms with van der Waals surface area (Å²) in [6.45, 7) is 0. The molecule has 4 aromatic rings. The Bertz CT molecular complexity index is 1240. The molecule has 152 valence electrons. The summed E-state index contributed by atoms with van der Waals surface area (Å²) >= 11 is 0. The SMILES string of the molecule is Fc1c(F)c(F)c(C#Cc2cc(-c3ccccn3)nc(-c3ccccn3)c2)c(F)c1F. The topological polar surface area (TPSA) is 38.7 Å². The fourth-order valence-electron chi connectivity index (χ4n) is 2.74. The number of benzene rings is 1. The predicted octanol–water partition coefficient (Wildman–Crippen LogP) is 5.30. The van der Waals surface area contributed by atoms with Crippen molar-refractivity contribution in [2.45, 2.75) is 0 Å². The minimum absolute atomic E-state index is 0.222. The van der Waals surface area contributed by atoms with Gasteiger partial charge in [-0.25, -0.2) is 26.9 Å². The smallest absolute Gasteiger partial charge is 0.200 e. The number of aromatic nitrogens is 3. The van der Waals surface area contributed by atoms with Gasteiger partial charge in [-0.05, 0) is 36.4 Å². The third-order valence-electron chi connectivity index (χ3n) is 4.22. The van der Waals surface area contributed by atoms with E-state index in [0.717, 1.165) is 0 Å². The molecule has 3 aromatic heterocycles. The molecule has 0 aliphatic rings. The Hall–Kier alpha value is -4.12. The first kappa shape index (κ1) is 20.2. The van der Waals surface area contributed by atoms with E-state index in [4.69, 9.17) is 0 Å². The summed E-state index contributed by atoms with van der Waals surface area (Å²) in [6.07, 6.45) is 3.12. The summed E-state index contributed by atoms with van der Waals surface area (Å²) in [5.41, 5.74) is 0.794. The monoisotopic (exact) mass is 423 g/mol. The van der Waals surface area contributed by atoms with Crippen LogP contribution in [-0.4, -0.2) is 15.0 Å². The zero-order valence-electron chi connectivity index (χ0n) is 15.5. The Balaban J connectivity index is 1.88. The van der Waals surface area contributed by atoms with Crippen LogP contribution in [-0.2, 0) is 0 Å². The second kappa shape index (κ2) is 8.32. The highest BCUT2D eigenvalue weighted by atomic mass is 19.2. The van der Waals surface area contributed by atoms with E-state index in [1.807, 2.05) is 5.92 Å². The zero-order valence-corrected chi connectivity index (χ0v) is 15.5. The van der Waals surface area contributed by atoms with E-state index in [1.165, 1.54) is 12.1 Å². The summed E-state index contributed by atoms with van der Waals surface area (Å²) in [7, 11) is 0. The summed E-state index contributed by atoms with van der Waals surface area (Å²) in [6, 6.07) is 13.3. The second-order valence-electron chi connectivity index (χ2n) is 6.25. The van der Waals surface area contributed by atoms with Gasteiger partial charge in [0.15, 0.2) is 23.3 Å².